The van der Waals surface area contributed by atoms with Crippen molar-refractivity contribution in [2.75, 3.05) is 20.1 Å². The van der Waals surface area contributed by atoms with Crippen LogP contribution in [0.5, 0.6) is 0 Å². The summed E-state index contributed by atoms with van der Waals surface area (Å²) in [4.78, 5) is 5.15. The molecule has 1 aliphatic rings. The molecule has 1 heterocycles. The van der Waals surface area contributed by atoms with Gasteiger partial charge >= 0.3 is 0 Å². The fourth-order valence-corrected chi connectivity index (χ4v) is 5.32. The summed E-state index contributed by atoms with van der Waals surface area (Å²) in [5.74, 6) is -0.274. The third-order valence-electron chi connectivity index (χ3n) is 6.47. The van der Waals surface area contributed by atoms with Crippen molar-refractivity contribution in [3.8, 4) is 6.07 Å². The van der Waals surface area contributed by atoms with E-state index in [1.807, 2.05) is 30.3 Å². The van der Waals surface area contributed by atoms with Crippen LogP contribution in [0.3, 0.4) is 0 Å². The second-order valence-corrected chi connectivity index (χ2v) is 9.90. The van der Waals surface area contributed by atoms with Gasteiger partial charge in [-0.05, 0) is 114 Å². The lowest BCUT2D eigenvalue weighted by atomic mass is 9.81. The third-order valence-corrected chi connectivity index (χ3v) is 7.33. The van der Waals surface area contributed by atoms with Crippen molar-refractivity contribution in [1.82, 2.24) is 4.90 Å². The molecule has 0 aliphatic carbocycles. The second-order valence-electron chi connectivity index (χ2n) is 8.74. The monoisotopic (exact) mass is 581 g/mol. The zero-order chi connectivity index (χ0) is 24.8. The van der Waals surface area contributed by atoms with Gasteiger partial charge in [-0.1, -0.05) is 35.4 Å². The molecule has 0 N–H and O–H groups in total. The lowest BCUT2D eigenvalue weighted by Crippen LogP contribution is -2.30. The smallest absolute Gasteiger partial charge is 0.123 e. The lowest BCUT2D eigenvalue weighted by molar-refractivity contribution is -0.0142. The van der Waals surface area contributed by atoms with Crippen molar-refractivity contribution >= 4 is 28.3 Å². The van der Waals surface area contributed by atoms with E-state index < -0.39 is 5.60 Å². The highest BCUT2D eigenvalue weighted by Crippen LogP contribution is 2.45. The summed E-state index contributed by atoms with van der Waals surface area (Å²) in [6.07, 6.45) is 2.53. The number of nitriles is 1. The van der Waals surface area contributed by atoms with Gasteiger partial charge in [-0.2, -0.15) is 5.26 Å². The molecule has 0 saturated carbocycles. The number of hydrogen-bond acceptors (Lipinski definition) is 4. The van der Waals surface area contributed by atoms with E-state index in [-0.39, 0.29) is 5.82 Å². The summed E-state index contributed by atoms with van der Waals surface area (Å²) in [5, 5.41) is 13.0. The molecule has 0 bridgehead atoms. The first-order valence-corrected chi connectivity index (χ1v) is 12.5. The number of fused-ring (bicyclic) bond motifs is 1. The quantitative estimate of drug-likeness (QED) is 0.118. The first-order valence-electron chi connectivity index (χ1n) is 11.4. The van der Waals surface area contributed by atoms with Crippen molar-refractivity contribution in [2.45, 2.75) is 31.5 Å². The summed E-state index contributed by atoms with van der Waals surface area (Å²) >= 11 is 2.19. The predicted molar refractivity (Wildman–Crippen MR) is 142 cm³/mol. The Morgan fingerprint density at radius 3 is 2.69 bits per heavy atom. The maximum atomic E-state index is 13.7. The van der Waals surface area contributed by atoms with Crippen LogP contribution < -0.4 is 0 Å². The first kappa shape index (κ1) is 25.1. The Kier molecular flexibility index (Phi) is 8.04. The summed E-state index contributed by atoms with van der Waals surface area (Å²) in [7, 11) is 2.10. The molecule has 0 radical (unpaired) electrons. The van der Waals surface area contributed by atoms with Crippen LogP contribution in [0, 0.1) is 20.7 Å². The molecule has 1 aliphatic heterocycles. The topological polar surface area (TPSA) is 85.0 Å². The molecule has 0 spiro atoms. The van der Waals surface area contributed by atoms with Crippen LogP contribution in [-0.2, 0) is 23.4 Å². The molecule has 6 nitrogen and oxygen atoms in total. The maximum Gasteiger partial charge on any atom is 0.123 e. The van der Waals surface area contributed by atoms with Crippen LogP contribution in [0.15, 0.2) is 65.8 Å². The van der Waals surface area contributed by atoms with Gasteiger partial charge in [0.05, 0.1) is 23.9 Å². The molecule has 0 aromatic heterocycles. The summed E-state index contributed by atoms with van der Waals surface area (Å²) in [6, 6.07) is 20.4. The van der Waals surface area contributed by atoms with Crippen molar-refractivity contribution < 1.29 is 9.13 Å². The Bertz CT molecular complexity index is 1300. The van der Waals surface area contributed by atoms with Crippen LogP contribution in [0.25, 0.3) is 10.4 Å². The van der Waals surface area contributed by atoms with Gasteiger partial charge in [0.1, 0.15) is 11.4 Å². The minimum Gasteiger partial charge on any atom is -0.361 e. The van der Waals surface area contributed by atoms with Gasteiger partial charge in [0.25, 0.3) is 0 Å². The SMILES string of the molecule is CN(CCC[C@@]1(c2ccc(F)cc2)OCc2cc(C#N)ccc21)CCc1ccc(N=[N+]=[N-])c(I)c1. The number of hydrogen-bond donors (Lipinski definition) is 0. The molecular weight excluding hydrogens is 556 g/mol. The standard InChI is InChI=1S/C27H25FIN5O/c1-34(14-11-19-4-10-26(32-33-31)25(29)16-19)13-2-12-27(22-5-7-23(28)8-6-22)24-9-3-20(17-30)15-21(24)18-35-27/h3-10,15-16H,2,11-14,18H2,1H3/t27-/m0/s1. The number of benzene rings is 3. The molecule has 8 heteroatoms. The molecule has 0 unspecified atom stereocenters. The number of ether oxygens (including phenoxy) is 1. The van der Waals surface area contributed by atoms with Crippen molar-refractivity contribution in [3.05, 3.63) is 108 Å². The van der Waals surface area contributed by atoms with Gasteiger partial charge in [-0.15, -0.1) is 0 Å². The predicted octanol–water partition coefficient (Wildman–Crippen LogP) is 6.97. The number of nitrogens with zero attached hydrogens (tertiary/aromatic N) is 5. The highest BCUT2D eigenvalue weighted by atomic mass is 127. The molecule has 0 amide bonds. The van der Waals surface area contributed by atoms with E-state index in [2.05, 4.69) is 56.7 Å². The average Bonchev–Trinajstić information content (AvgIpc) is 3.23. The molecule has 3 aromatic rings. The summed E-state index contributed by atoms with van der Waals surface area (Å²) < 4.78 is 21.0. The maximum absolute atomic E-state index is 13.7. The molecule has 3 aromatic carbocycles. The molecule has 178 valence electrons. The molecule has 0 fully saturated rings. The minimum atomic E-state index is -0.648. The third kappa shape index (κ3) is 5.65. The normalized spacial score (nSPS) is 16.5. The molecule has 0 saturated heterocycles. The van der Waals surface area contributed by atoms with Gasteiger partial charge in [0.15, 0.2) is 0 Å². The van der Waals surface area contributed by atoms with Gasteiger partial charge in [-0.3, -0.25) is 0 Å². The van der Waals surface area contributed by atoms with Crippen LogP contribution in [0.4, 0.5) is 10.1 Å². The van der Waals surface area contributed by atoms with Crippen molar-refractivity contribution in [3.63, 3.8) is 0 Å². The van der Waals surface area contributed by atoms with E-state index in [1.54, 1.807) is 12.1 Å². The Hall–Kier alpha value is -2.96. The highest BCUT2D eigenvalue weighted by Gasteiger charge is 2.41. The van der Waals surface area contributed by atoms with Crippen LogP contribution in [-0.4, -0.2) is 25.0 Å². The van der Waals surface area contributed by atoms with E-state index in [4.69, 9.17) is 10.3 Å². The summed E-state index contributed by atoms with van der Waals surface area (Å²) in [6.45, 7) is 2.21. The van der Waals surface area contributed by atoms with E-state index in [1.165, 1.54) is 17.7 Å². The molecule has 1 atom stereocenters. The number of likely N-dealkylation sites (N-methyl/N-ethyl adjacent to an activating group) is 1. The zero-order valence-electron chi connectivity index (χ0n) is 19.4. The van der Waals surface area contributed by atoms with Crippen LogP contribution in [0.2, 0.25) is 0 Å². The lowest BCUT2D eigenvalue weighted by Gasteiger charge is -2.31. The number of halogens is 2. The Labute approximate surface area is 218 Å². The van der Waals surface area contributed by atoms with Gasteiger partial charge in [0.2, 0.25) is 0 Å². The first-order chi connectivity index (χ1) is 16.9. The van der Waals surface area contributed by atoms with E-state index >= 15 is 0 Å². The molecule has 4 rings (SSSR count). The average molecular weight is 581 g/mol. The Morgan fingerprint density at radius 2 is 1.97 bits per heavy atom. The molecular formula is C27H25FIN5O. The van der Waals surface area contributed by atoms with Crippen molar-refractivity contribution in [1.29, 1.82) is 5.26 Å². The van der Waals surface area contributed by atoms with Crippen molar-refractivity contribution in [2.24, 2.45) is 5.11 Å². The van der Waals surface area contributed by atoms with E-state index in [0.29, 0.717) is 17.9 Å². The Morgan fingerprint density at radius 1 is 1.17 bits per heavy atom. The fraction of sp³-hybridized carbons (Fsp3) is 0.296. The van der Waals surface area contributed by atoms with Gasteiger partial charge in [-0.25, -0.2) is 4.39 Å². The highest BCUT2D eigenvalue weighted by molar-refractivity contribution is 14.1. The van der Waals surface area contributed by atoms with Gasteiger partial charge < -0.3 is 9.64 Å². The second kappa shape index (κ2) is 11.2. The van der Waals surface area contributed by atoms with Crippen LogP contribution >= 0.6 is 22.6 Å². The zero-order valence-corrected chi connectivity index (χ0v) is 21.6. The summed E-state index contributed by atoms with van der Waals surface area (Å²) in [5.41, 5.74) is 13.5. The van der Waals surface area contributed by atoms with E-state index in [0.717, 1.165) is 52.6 Å². The Balaban J connectivity index is 1.43. The molecule has 35 heavy (non-hydrogen) atoms. The number of rotatable bonds is 9. The van der Waals surface area contributed by atoms with Gasteiger partial charge in [0, 0.05) is 15.0 Å². The minimum absolute atomic E-state index is 0.274. The fourth-order valence-electron chi connectivity index (χ4n) is 4.63. The van der Waals surface area contributed by atoms with E-state index in [9.17, 15) is 9.65 Å². The largest absolute Gasteiger partial charge is 0.361 e. The number of azide groups is 1. The van der Waals surface area contributed by atoms with Crippen LogP contribution in [0.1, 0.15) is 40.7 Å².